The van der Waals surface area contributed by atoms with Crippen molar-refractivity contribution in [2.45, 2.75) is 0 Å². The molecule has 25 heavy (non-hydrogen) atoms. The first kappa shape index (κ1) is 16.1. The van der Waals surface area contributed by atoms with Gasteiger partial charge in [-0.15, -0.1) is 0 Å². The number of esters is 1. The van der Waals surface area contributed by atoms with Crippen LogP contribution in [0.5, 0.6) is 0 Å². The summed E-state index contributed by atoms with van der Waals surface area (Å²) in [6.45, 7) is -0.424. The molecule has 0 radical (unpaired) electrons. The zero-order valence-electron chi connectivity index (χ0n) is 13.1. The van der Waals surface area contributed by atoms with Crippen LogP contribution in [0.3, 0.4) is 0 Å². The minimum absolute atomic E-state index is 0.223. The number of rotatable bonds is 4. The van der Waals surface area contributed by atoms with Gasteiger partial charge in [0.25, 0.3) is 5.91 Å². The topological polar surface area (TPSA) is 92.1 Å². The van der Waals surface area contributed by atoms with Crippen LogP contribution in [-0.2, 0) is 9.53 Å². The average molecular weight is 331 g/mol. The van der Waals surface area contributed by atoms with E-state index in [2.05, 4.69) is 10.3 Å². The third-order valence-electron chi connectivity index (χ3n) is 3.48. The van der Waals surface area contributed by atoms with Gasteiger partial charge < -0.3 is 10.1 Å². The largest absolute Gasteiger partial charge is 0.452 e. The normalized spacial score (nSPS) is 10.0. The summed E-state index contributed by atoms with van der Waals surface area (Å²) >= 11 is 0. The minimum atomic E-state index is -0.660. The molecule has 122 valence electrons. The molecule has 0 fully saturated rings. The number of carbonyl (C=O) groups excluding carboxylic acids is 2. The van der Waals surface area contributed by atoms with Crippen LogP contribution in [0.15, 0.2) is 60.8 Å². The maximum atomic E-state index is 12.1. The Hall–Kier alpha value is -3.72. The van der Waals surface area contributed by atoms with E-state index in [1.807, 2.05) is 18.2 Å². The monoisotopic (exact) mass is 331 g/mol. The van der Waals surface area contributed by atoms with E-state index in [1.165, 1.54) is 12.1 Å². The van der Waals surface area contributed by atoms with Gasteiger partial charge in [0.05, 0.1) is 28.4 Å². The minimum Gasteiger partial charge on any atom is -0.452 e. The van der Waals surface area contributed by atoms with Crippen molar-refractivity contribution in [2.75, 3.05) is 11.9 Å². The number of nitrogens with one attached hydrogen (secondary N) is 1. The molecule has 0 aliphatic rings. The standard InChI is InChI=1S/C19H13N3O3/c20-11-13-4-1-5-14(10-13)19(24)25-12-18(23)22-17-8-2-7-16-15(17)6-3-9-21-16/h1-10H,12H2,(H,22,23). The number of nitriles is 1. The Morgan fingerprint density at radius 3 is 2.80 bits per heavy atom. The lowest BCUT2D eigenvalue weighted by atomic mass is 10.1. The smallest absolute Gasteiger partial charge is 0.338 e. The van der Waals surface area contributed by atoms with Crippen molar-refractivity contribution in [1.29, 1.82) is 5.26 Å². The number of hydrogen-bond donors (Lipinski definition) is 1. The first-order chi connectivity index (χ1) is 12.2. The van der Waals surface area contributed by atoms with Crippen LogP contribution in [0.2, 0.25) is 0 Å². The lowest BCUT2D eigenvalue weighted by molar-refractivity contribution is -0.119. The van der Waals surface area contributed by atoms with E-state index in [0.717, 1.165) is 10.9 Å². The lowest BCUT2D eigenvalue weighted by Crippen LogP contribution is -2.21. The Labute approximate surface area is 143 Å². The molecule has 1 N–H and O–H groups in total. The van der Waals surface area contributed by atoms with Crippen molar-refractivity contribution >= 4 is 28.5 Å². The first-order valence-corrected chi connectivity index (χ1v) is 7.48. The number of nitrogens with zero attached hydrogens (tertiary/aromatic N) is 2. The highest BCUT2D eigenvalue weighted by Gasteiger charge is 2.12. The Bertz CT molecular complexity index is 987. The Balaban J connectivity index is 1.64. The highest BCUT2D eigenvalue weighted by atomic mass is 16.5. The van der Waals surface area contributed by atoms with Gasteiger partial charge in [0.2, 0.25) is 0 Å². The van der Waals surface area contributed by atoms with Gasteiger partial charge >= 0.3 is 5.97 Å². The van der Waals surface area contributed by atoms with Gasteiger partial charge in [-0.25, -0.2) is 4.79 Å². The molecule has 1 aromatic heterocycles. The molecule has 0 bridgehead atoms. The number of pyridine rings is 1. The molecule has 6 nitrogen and oxygen atoms in total. The van der Waals surface area contributed by atoms with E-state index in [4.69, 9.17) is 10.00 Å². The molecule has 0 unspecified atom stereocenters. The van der Waals surface area contributed by atoms with E-state index >= 15 is 0 Å². The Kier molecular flexibility index (Phi) is 4.67. The summed E-state index contributed by atoms with van der Waals surface area (Å²) in [6.07, 6.45) is 1.67. The molecule has 0 saturated heterocycles. The van der Waals surface area contributed by atoms with Crippen molar-refractivity contribution in [1.82, 2.24) is 4.98 Å². The molecule has 3 aromatic rings. The van der Waals surface area contributed by atoms with Gasteiger partial charge in [-0.1, -0.05) is 12.1 Å². The first-order valence-electron chi connectivity index (χ1n) is 7.48. The van der Waals surface area contributed by atoms with Gasteiger partial charge in [0.15, 0.2) is 6.61 Å². The second kappa shape index (κ2) is 7.23. The number of carbonyl (C=O) groups is 2. The summed E-state index contributed by atoms with van der Waals surface area (Å²) in [4.78, 5) is 28.2. The second-order valence-electron chi connectivity index (χ2n) is 5.19. The lowest BCUT2D eigenvalue weighted by Gasteiger charge is -2.09. The summed E-state index contributed by atoms with van der Waals surface area (Å²) in [7, 11) is 0. The number of amides is 1. The van der Waals surface area contributed by atoms with Crippen LogP contribution in [0.4, 0.5) is 5.69 Å². The average Bonchev–Trinajstić information content (AvgIpc) is 2.66. The Morgan fingerprint density at radius 2 is 1.96 bits per heavy atom. The zero-order chi connectivity index (χ0) is 17.6. The number of fused-ring (bicyclic) bond motifs is 1. The number of ether oxygens (including phenoxy) is 1. The van der Waals surface area contributed by atoms with Gasteiger partial charge in [-0.3, -0.25) is 9.78 Å². The van der Waals surface area contributed by atoms with E-state index in [-0.39, 0.29) is 5.56 Å². The van der Waals surface area contributed by atoms with Crippen molar-refractivity contribution in [3.05, 3.63) is 71.9 Å². The highest BCUT2D eigenvalue weighted by Crippen LogP contribution is 2.21. The molecule has 1 amide bonds. The fourth-order valence-corrected chi connectivity index (χ4v) is 2.33. The summed E-state index contributed by atoms with van der Waals surface area (Å²) in [5, 5.41) is 12.3. The fourth-order valence-electron chi connectivity index (χ4n) is 2.33. The molecule has 1 heterocycles. The maximum absolute atomic E-state index is 12.1. The second-order valence-corrected chi connectivity index (χ2v) is 5.19. The van der Waals surface area contributed by atoms with Crippen molar-refractivity contribution < 1.29 is 14.3 Å². The number of aromatic nitrogens is 1. The van der Waals surface area contributed by atoms with Crippen molar-refractivity contribution in [3.8, 4) is 6.07 Å². The van der Waals surface area contributed by atoms with Crippen LogP contribution in [0, 0.1) is 11.3 Å². The third kappa shape index (κ3) is 3.79. The van der Waals surface area contributed by atoms with Gasteiger partial charge in [-0.05, 0) is 42.5 Å². The quantitative estimate of drug-likeness (QED) is 0.742. The summed E-state index contributed by atoms with van der Waals surface area (Å²) in [5.41, 5.74) is 1.92. The maximum Gasteiger partial charge on any atom is 0.338 e. The molecule has 0 spiro atoms. The molecule has 0 aliphatic carbocycles. The SMILES string of the molecule is N#Cc1cccc(C(=O)OCC(=O)Nc2cccc3ncccc23)c1. The van der Waals surface area contributed by atoms with Crippen LogP contribution < -0.4 is 5.32 Å². The molecule has 6 heteroatoms. The van der Waals surface area contributed by atoms with Crippen LogP contribution in [0.1, 0.15) is 15.9 Å². The summed E-state index contributed by atoms with van der Waals surface area (Å²) < 4.78 is 5.00. The van der Waals surface area contributed by atoms with E-state index < -0.39 is 18.5 Å². The molecular weight excluding hydrogens is 318 g/mol. The van der Waals surface area contributed by atoms with E-state index in [0.29, 0.717) is 11.3 Å². The molecular formula is C19H13N3O3. The third-order valence-corrected chi connectivity index (χ3v) is 3.48. The molecule has 3 rings (SSSR count). The van der Waals surface area contributed by atoms with Crippen LogP contribution >= 0.6 is 0 Å². The molecule has 0 aliphatic heterocycles. The highest BCUT2D eigenvalue weighted by molar-refractivity contribution is 6.02. The number of anilines is 1. The van der Waals surface area contributed by atoms with Crippen molar-refractivity contribution in [2.24, 2.45) is 0 Å². The van der Waals surface area contributed by atoms with Crippen LogP contribution in [0.25, 0.3) is 10.9 Å². The number of benzene rings is 2. The predicted octanol–water partition coefficient (Wildman–Crippen LogP) is 2.90. The number of hydrogen-bond acceptors (Lipinski definition) is 5. The van der Waals surface area contributed by atoms with Gasteiger partial charge in [0.1, 0.15) is 0 Å². The Morgan fingerprint density at radius 1 is 1.12 bits per heavy atom. The molecule has 0 saturated carbocycles. The van der Waals surface area contributed by atoms with Gasteiger partial charge in [0, 0.05) is 11.6 Å². The summed E-state index contributed by atoms with van der Waals surface area (Å²) in [5.74, 6) is -1.12. The van der Waals surface area contributed by atoms with Gasteiger partial charge in [-0.2, -0.15) is 5.26 Å². The fraction of sp³-hybridized carbons (Fsp3) is 0.0526. The zero-order valence-corrected chi connectivity index (χ0v) is 13.1. The predicted molar refractivity (Wildman–Crippen MR) is 91.8 cm³/mol. The van der Waals surface area contributed by atoms with E-state index in [1.54, 1.807) is 36.5 Å². The molecule has 0 atom stereocenters. The molecule has 2 aromatic carbocycles. The van der Waals surface area contributed by atoms with Crippen LogP contribution in [-0.4, -0.2) is 23.5 Å². The van der Waals surface area contributed by atoms with E-state index in [9.17, 15) is 9.59 Å². The summed E-state index contributed by atoms with van der Waals surface area (Å²) in [6, 6.07) is 17.0. The van der Waals surface area contributed by atoms with Crippen molar-refractivity contribution in [3.63, 3.8) is 0 Å².